The Morgan fingerprint density at radius 1 is 1.45 bits per heavy atom. The van der Waals surface area contributed by atoms with Gasteiger partial charge in [0.15, 0.2) is 0 Å². The van der Waals surface area contributed by atoms with Crippen LogP contribution in [0.1, 0.15) is 40.5 Å². The average molecular weight is 152 g/mol. The van der Waals surface area contributed by atoms with Crippen molar-refractivity contribution in [3.8, 4) is 0 Å². The summed E-state index contributed by atoms with van der Waals surface area (Å²) >= 11 is 0. The molecule has 0 amide bonds. The van der Waals surface area contributed by atoms with E-state index in [0.29, 0.717) is 0 Å². The van der Waals surface area contributed by atoms with Crippen molar-refractivity contribution >= 4 is 0 Å². The predicted molar refractivity (Wildman–Crippen MR) is 50.5 cm³/mol. The van der Waals surface area contributed by atoms with Gasteiger partial charge in [0.2, 0.25) is 0 Å². The highest BCUT2D eigenvalue weighted by Gasteiger charge is 2.24. The van der Waals surface area contributed by atoms with Gasteiger partial charge in [-0.2, -0.15) is 0 Å². The molecule has 0 spiro atoms. The fourth-order valence-corrected chi connectivity index (χ4v) is 2.21. The van der Waals surface area contributed by atoms with Gasteiger partial charge in [0, 0.05) is 0 Å². The number of rotatable bonds is 1. The zero-order chi connectivity index (χ0) is 8.43. The molecule has 0 nitrogen and oxygen atoms in total. The molecule has 0 saturated heterocycles. The largest absolute Gasteiger partial charge is 0.0825 e. The second-order valence-electron chi connectivity index (χ2n) is 4.10. The smallest absolute Gasteiger partial charge is 0.0231 e. The molecule has 0 aromatic carbocycles. The van der Waals surface area contributed by atoms with E-state index in [1.165, 1.54) is 12.8 Å². The molecular formula is C11H20. The maximum Gasteiger partial charge on any atom is -0.0231 e. The van der Waals surface area contributed by atoms with Crippen molar-refractivity contribution in [2.45, 2.75) is 40.5 Å². The van der Waals surface area contributed by atoms with Crippen molar-refractivity contribution in [2.24, 2.45) is 17.8 Å². The SMILES string of the molecule is CCC1CC(C)=CC(C)C1C. The zero-order valence-corrected chi connectivity index (χ0v) is 8.22. The van der Waals surface area contributed by atoms with Crippen LogP contribution in [0.2, 0.25) is 0 Å². The van der Waals surface area contributed by atoms with Gasteiger partial charge < -0.3 is 0 Å². The first-order valence-electron chi connectivity index (χ1n) is 4.82. The summed E-state index contributed by atoms with van der Waals surface area (Å²) in [4.78, 5) is 0. The fourth-order valence-electron chi connectivity index (χ4n) is 2.21. The Morgan fingerprint density at radius 2 is 2.09 bits per heavy atom. The van der Waals surface area contributed by atoms with Crippen LogP contribution in [0.25, 0.3) is 0 Å². The molecule has 0 saturated carbocycles. The summed E-state index contributed by atoms with van der Waals surface area (Å²) in [6.07, 6.45) is 5.12. The minimum absolute atomic E-state index is 0.800. The molecule has 0 aromatic rings. The van der Waals surface area contributed by atoms with Crippen LogP contribution >= 0.6 is 0 Å². The van der Waals surface area contributed by atoms with E-state index < -0.39 is 0 Å². The molecule has 0 aliphatic heterocycles. The molecule has 64 valence electrons. The molecule has 1 aliphatic carbocycles. The predicted octanol–water partition coefficient (Wildman–Crippen LogP) is 3.63. The third-order valence-corrected chi connectivity index (χ3v) is 3.23. The van der Waals surface area contributed by atoms with Crippen LogP contribution < -0.4 is 0 Å². The molecule has 1 aliphatic rings. The molecule has 0 radical (unpaired) electrons. The summed E-state index contributed by atoms with van der Waals surface area (Å²) < 4.78 is 0. The molecule has 3 atom stereocenters. The first kappa shape index (κ1) is 8.83. The maximum absolute atomic E-state index is 2.44. The second kappa shape index (κ2) is 3.42. The van der Waals surface area contributed by atoms with Gasteiger partial charge in [-0.3, -0.25) is 0 Å². The summed E-state index contributed by atoms with van der Waals surface area (Å²) in [5.74, 6) is 2.63. The Bertz CT molecular complexity index is 155. The van der Waals surface area contributed by atoms with Gasteiger partial charge >= 0.3 is 0 Å². The van der Waals surface area contributed by atoms with Crippen LogP contribution in [0, 0.1) is 17.8 Å². The van der Waals surface area contributed by atoms with Gasteiger partial charge in [0.25, 0.3) is 0 Å². The molecule has 0 bridgehead atoms. The highest BCUT2D eigenvalue weighted by atomic mass is 14.3. The zero-order valence-electron chi connectivity index (χ0n) is 8.22. The minimum Gasteiger partial charge on any atom is -0.0825 e. The molecule has 0 heterocycles. The minimum atomic E-state index is 0.800. The van der Waals surface area contributed by atoms with E-state index in [9.17, 15) is 0 Å². The molecule has 0 heteroatoms. The van der Waals surface area contributed by atoms with Crippen LogP contribution in [-0.2, 0) is 0 Å². The topological polar surface area (TPSA) is 0 Å². The first-order valence-corrected chi connectivity index (χ1v) is 4.82. The highest BCUT2D eigenvalue weighted by molar-refractivity contribution is 5.07. The average Bonchev–Trinajstić information content (AvgIpc) is 1.96. The lowest BCUT2D eigenvalue weighted by Gasteiger charge is -2.31. The molecule has 11 heavy (non-hydrogen) atoms. The first-order chi connectivity index (χ1) is 5.15. The van der Waals surface area contributed by atoms with Gasteiger partial charge in [0.1, 0.15) is 0 Å². The standard InChI is InChI=1S/C11H20/c1-5-11-7-8(2)6-9(3)10(11)4/h6,9-11H,5,7H2,1-4H3. The monoisotopic (exact) mass is 152 g/mol. The third-order valence-electron chi connectivity index (χ3n) is 3.23. The molecular weight excluding hydrogens is 132 g/mol. The van der Waals surface area contributed by atoms with Crippen LogP contribution in [0.15, 0.2) is 11.6 Å². The van der Waals surface area contributed by atoms with Gasteiger partial charge in [0.05, 0.1) is 0 Å². The van der Waals surface area contributed by atoms with E-state index >= 15 is 0 Å². The van der Waals surface area contributed by atoms with E-state index in [4.69, 9.17) is 0 Å². The third kappa shape index (κ3) is 1.85. The van der Waals surface area contributed by atoms with E-state index in [0.717, 1.165) is 17.8 Å². The summed E-state index contributed by atoms with van der Waals surface area (Å²) in [6.45, 7) is 9.31. The van der Waals surface area contributed by atoms with Crippen LogP contribution in [0.3, 0.4) is 0 Å². The fraction of sp³-hybridized carbons (Fsp3) is 0.818. The van der Waals surface area contributed by atoms with Crippen molar-refractivity contribution in [2.75, 3.05) is 0 Å². The summed E-state index contributed by atoms with van der Waals surface area (Å²) in [7, 11) is 0. The van der Waals surface area contributed by atoms with Crippen molar-refractivity contribution in [1.82, 2.24) is 0 Å². The maximum atomic E-state index is 2.44. The van der Waals surface area contributed by atoms with Crippen molar-refractivity contribution < 1.29 is 0 Å². The van der Waals surface area contributed by atoms with Gasteiger partial charge in [-0.05, 0) is 31.1 Å². The second-order valence-corrected chi connectivity index (χ2v) is 4.10. The lowest BCUT2D eigenvalue weighted by Crippen LogP contribution is -2.21. The van der Waals surface area contributed by atoms with E-state index in [-0.39, 0.29) is 0 Å². The van der Waals surface area contributed by atoms with Crippen molar-refractivity contribution in [3.05, 3.63) is 11.6 Å². The quantitative estimate of drug-likeness (QED) is 0.503. The molecule has 1 rings (SSSR count). The molecule has 3 unspecified atom stereocenters. The lowest BCUT2D eigenvalue weighted by atomic mass is 9.74. The lowest BCUT2D eigenvalue weighted by molar-refractivity contribution is 0.269. The Balaban J connectivity index is 2.67. The van der Waals surface area contributed by atoms with E-state index in [1.807, 2.05) is 0 Å². The normalized spacial score (nSPS) is 38.5. The van der Waals surface area contributed by atoms with Gasteiger partial charge in [-0.1, -0.05) is 38.8 Å². The summed E-state index contributed by atoms with van der Waals surface area (Å²) in [5, 5.41) is 0. The molecule has 0 fully saturated rings. The van der Waals surface area contributed by atoms with E-state index in [2.05, 4.69) is 33.8 Å². The Morgan fingerprint density at radius 3 is 2.64 bits per heavy atom. The summed E-state index contributed by atoms with van der Waals surface area (Å²) in [6, 6.07) is 0. The van der Waals surface area contributed by atoms with Crippen LogP contribution in [0.4, 0.5) is 0 Å². The molecule has 0 aromatic heterocycles. The van der Waals surface area contributed by atoms with Gasteiger partial charge in [-0.15, -0.1) is 0 Å². The molecule has 0 N–H and O–H groups in total. The van der Waals surface area contributed by atoms with E-state index in [1.54, 1.807) is 5.57 Å². The Hall–Kier alpha value is -0.260. The number of hydrogen-bond donors (Lipinski definition) is 0. The Kier molecular flexibility index (Phi) is 2.75. The highest BCUT2D eigenvalue weighted by Crippen LogP contribution is 2.34. The summed E-state index contributed by atoms with van der Waals surface area (Å²) in [5.41, 5.74) is 1.60. The number of hydrogen-bond acceptors (Lipinski definition) is 0. The van der Waals surface area contributed by atoms with Crippen molar-refractivity contribution in [1.29, 1.82) is 0 Å². The van der Waals surface area contributed by atoms with Crippen LogP contribution in [-0.4, -0.2) is 0 Å². The van der Waals surface area contributed by atoms with Crippen LogP contribution in [0.5, 0.6) is 0 Å². The number of allylic oxidation sites excluding steroid dienone is 2. The Labute approximate surface area is 70.7 Å². The van der Waals surface area contributed by atoms with Crippen molar-refractivity contribution in [3.63, 3.8) is 0 Å². The van der Waals surface area contributed by atoms with Gasteiger partial charge in [-0.25, -0.2) is 0 Å².